The Bertz CT molecular complexity index is 2950. The molecule has 2 aliphatic carbocycles. The summed E-state index contributed by atoms with van der Waals surface area (Å²) in [4.78, 5) is 52.6. The van der Waals surface area contributed by atoms with Gasteiger partial charge in [0.15, 0.2) is 34.3 Å². The zero-order valence-electron chi connectivity index (χ0n) is 41.7. The molecule has 2 saturated carbocycles. The Labute approximate surface area is 433 Å². The molecule has 0 aromatic carbocycles. The van der Waals surface area contributed by atoms with E-state index in [9.17, 15) is 19.8 Å². The number of aromatic nitrogens is 8. The van der Waals surface area contributed by atoms with E-state index in [4.69, 9.17) is 24.4 Å². The maximum atomic E-state index is 12.2. The molecular weight excluding hydrogens is 997 g/mol. The molecule has 12 rings (SSSR count). The van der Waals surface area contributed by atoms with Crippen LogP contribution in [0.4, 0.5) is 11.4 Å². The van der Waals surface area contributed by atoms with Gasteiger partial charge in [-0.15, -0.1) is 0 Å². The summed E-state index contributed by atoms with van der Waals surface area (Å²) in [7, 11) is 0. The van der Waals surface area contributed by atoms with E-state index in [0.29, 0.717) is 57.3 Å². The summed E-state index contributed by atoms with van der Waals surface area (Å²) in [6.07, 6.45) is 10.9. The summed E-state index contributed by atoms with van der Waals surface area (Å²) < 4.78 is 21.0. The van der Waals surface area contributed by atoms with Crippen LogP contribution < -0.4 is 14.5 Å². The van der Waals surface area contributed by atoms with Crippen molar-refractivity contribution >= 4 is 61.3 Å². The van der Waals surface area contributed by atoms with Gasteiger partial charge in [0.1, 0.15) is 4.60 Å². The molecule has 0 radical (unpaired) electrons. The van der Waals surface area contributed by atoms with Crippen molar-refractivity contribution in [1.29, 1.82) is 0 Å². The fourth-order valence-corrected chi connectivity index (χ4v) is 11.7. The Morgan fingerprint density at radius 2 is 1.04 bits per heavy atom. The smallest absolute Gasteiger partial charge is 0.354 e. The molecule has 0 bridgehead atoms. The summed E-state index contributed by atoms with van der Waals surface area (Å²) in [6, 6.07) is 15.8. The second-order valence-corrected chi connectivity index (χ2v) is 21.3. The molecular formula is C53H65BrN12O7. The number of pyridine rings is 4. The van der Waals surface area contributed by atoms with Crippen molar-refractivity contribution in [2.24, 2.45) is 0 Å². The average Bonchev–Trinajstić information content (AvgIpc) is 3.94. The number of nitrogens with zero attached hydrogens (tertiary/aromatic N) is 12. The van der Waals surface area contributed by atoms with Crippen LogP contribution in [0, 0.1) is 0 Å². The van der Waals surface area contributed by atoms with Gasteiger partial charge in [0.25, 0.3) is 0 Å². The van der Waals surface area contributed by atoms with Crippen molar-refractivity contribution in [1.82, 2.24) is 49.3 Å². The average molecular weight is 1060 g/mol. The summed E-state index contributed by atoms with van der Waals surface area (Å²) >= 11 is 3.45. The van der Waals surface area contributed by atoms with Crippen LogP contribution in [0.3, 0.4) is 0 Å². The number of rotatable bonds is 12. The van der Waals surface area contributed by atoms with Crippen LogP contribution in [-0.4, -0.2) is 168 Å². The molecule has 0 amide bonds. The van der Waals surface area contributed by atoms with E-state index in [1.165, 1.54) is 12.8 Å². The maximum Gasteiger partial charge on any atom is 0.354 e. The number of anilines is 2. The van der Waals surface area contributed by atoms with E-state index in [0.717, 1.165) is 164 Å². The molecule has 10 heterocycles. The van der Waals surface area contributed by atoms with Gasteiger partial charge in [0, 0.05) is 82.3 Å². The number of hydrogen-bond donors (Lipinski definition) is 2. The number of ether oxygens (including phenoxy) is 3. The molecule has 20 heteroatoms. The van der Waals surface area contributed by atoms with Gasteiger partial charge in [-0.2, -0.15) is 24.5 Å². The van der Waals surface area contributed by atoms with Crippen LogP contribution in [0.1, 0.15) is 122 Å². The van der Waals surface area contributed by atoms with Gasteiger partial charge in [0.2, 0.25) is 5.88 Å². The molecule has 73 heavy (non-hydrogen) atoms. The SMILES string of the molecule is CC(C)Oc1cccc(-n2nc(C3CCC3)c3c(N4CCC(N5CCOCC5)CC4)cc(C(=O)O)nc32)n1.O=C(O)c1cc(N2CCC(N3CCOCC3)CC2)c2c(C3CCC3)nn(-c3cccc(Br)n3)c2n1. The predicted molar refractivity (Wildman–Crippen MR) is 279 cm³/mol. The Morgan fingerprint density at radius 1 is 0.603 bits per heavy atom. The first-order valence-corrected chi connectivity index (χ1v) is 27.1. The number of carboxylic acids is 2. The second-order valence-electron chi connectivity index (χ2n) is 20.5. The third-order valence-corrected chi connectivity index (χ3v) is 16.1. The first kappa shape index (κ1) is 49.4. The van der Waals surface area contributed by atoms with Crippen molar-refractivity contribution in [2.45, 2.75) is 108 Å². The molecule has 0 spiro atoms. The van der Waals surface area contributed by atoms with Crippen molar-refractivity contribution in [2.75, 3.05) is 88.6 Å². The fraction of sp³-hybridized carbons (Fsp3) is 0.547. The van der Waals surface area contributed by atoms with Crippen LogP contribution in [0.5, 0.6) is 5.88 Å². The lowest BCUT2D eigenvalue weighted by molar-refractivity contribution is 0.0115. The second kappa shape index (κ2) is 21.6. The monoisotopic (exact) mass is 1060 g/mol. The van der Waals surface area contributed by atoms with Crippen molar-refractivity contribution in [3.8, 4) is 17.5 Å². The number of aromatic carboxylic acids is 2. The third-order valence-electron chi connectivity index (χ3n) is 15.6. The number of carbonyl (C=O) groups is 2. The molecule has 2 N–H and O–H groups in total. The minimum absolute atomic E-state index is 0.0126. The molecule has 0 atom stereocenters. The van der Waals surface area contributed by atoms with Crippen molar-refractivity contribution in [3.05, 3.63) is 75.9 Å². The molecule has 6 aromatic rings. The zero-order valence-corrected chi connectivity index (χ0v) is 43.3. The summed E-state index contributed by atoms with van der Waals surface area (Å²) in [5.41, 5.74) is 5.07. The van der Waals surface area contributed by atoms with Crippen molar-refractivity contribution in [3.63, 3.8) is 0 Å². The van der Waals surface area contributed by atoms with Crippen LogP contribution >= 0.6 is 15.9 Å². The van der Waals surface area contributed by atoms with Gasteiger partial charge in [-0.3, -0.25) is 9.80 Å². The Kier molecular flexibility index (Phi) is 14.6. The summed E-state index contributed by atoms with van der Waals surface area (Å²) in [5.74, 6) is 0.346. The number of piperidine rings is 2. The lowest BCUT2D eigenvalue weighted by atomic mass is 9.82. The number of carboxylic acid groups (broad SMARTS) is 2. The lowest BCUT2D eigenvalue weighted by Crippen LogP contribution is -2.49. The third kappa shape index (κ3) is 10.4. The van der Waals surface area contributed by atoms with Gasteiger partial charge in [0.05, 0.1) is 66.1 Å². The van der Waals surface area contributed by atoms with Crippen LogP contribution in [0.25, 0.3) is 33.7 Å². The quantitative estimate of drug-likeness (QED) is 0.113. The number of fused-ring (bicyclic) bond motifs is 2. The van der Waals surface area contributed by atoms with Crippen LogP contribution in [0.2, 0.25) is 0 Å². The number of morpholine rings is 2. The zero-order chi connectivity index (χ0) is 50.2. The first-order valence-electron chi connectivity index (χ1n) is 26.3. The minimum atomic E-state index is -1.04. The van der Waals surface area contributed by atoms with Crippen LogP contribution in [0.15, 0.2) is 53.1 Å². The van der Waals surface area contributed by atoms with Crippen LogP contribution in [-0.2, 0) is 9.47 Å². The molecule has 6 fully saturated rings. The standard InChI is InChI=1S/C28H36N6O4.C25H29BrN6O3/c1-18(2)38-24-8-4-7-23(30-24)34-27-25(26(31-34)19-5-3-6-19)22(17-21(29-27)28(35)36)33-11-9-20(10-12-33)32-13-15-37-16-14-32;26-20-5-2-6-21(28-20)32-24-22(23(29-32)16-3-1-4-16)19(15-18(27-24)25(33)34)31-9-7-17(8-10-31)30-11-13-35-14-12-30/h4,7-8,17-20H,3,5-6,9-16H2,1-2H3,(H,35,36);2,5-6,15-17H,1,3-4,7-14H2,(H,33,34). The normalized spacial score (nSPS) is 20.0. The Morgan fingerprint density at radius 3 is 1.44 bits per heavy atom. The molecule has 4 aliphatic heterocycles. The Balaban J connectivity index is 0.000000158. The fourth-order valence-electron chi connectivity index (χ4n) is 11.4. The van der Waals surface area contributed by atoms with E-state index < -0.39 is 11.9 Å². The number of halogens is 1. The predicted octanol–water partition coefficient (Wildman–Crippen LogP) is 7.71. The molecule has 6 aliphatic rings. The summed E-state index contributed by atoms with van der Waals surface area (Å²) in [6.45, 7) is 14.6. The highest BCUT2D eigenvalue weighted by Crippen LogP contribution is 2.45. The van der Waals surface area contributed by atoms with Gasteiger partial charge in [-0.05, 0) is 111 Å². The van der Waals surface area contributed by atoms with Gasteiger partial charge in [-0.1, -0.05) is 25.0 Å². The van der Waals surface area contributed by atoms with E-state index in [1.807, 2.05) is 50.2 Å². The van der Waals surface area contributed by atoms with Gasteiger partial charge in [-0.25, -0.2) is 24.5 Å². The first-order chi connectivity index (χ1) is 35.6. The molecule has 4 saturated heterocycles. The summed E-state index contributed by atoms with van der Waals surface area (Å²) in [5, 5.41) is 31.9. The topological polar surface area (TPSA) is 202 Å². The van der Waals surface area contributed by atoms with E-state index in [-0.39, 0.29) is 17.5 Å². The molecule has 19 nitrogen and oxygen atoms in total. The maximum absolute atomic E-state index is 12.2. The molecule has 0 unspecified atom stereocenters. The molecule has 6 aromatic heterocycles. The van der Waals surface area contributed by atoms with E-state index in [2.05, 4.69) is 55.5 Å². The highest BCUT2D eigenvalue weighted by Gasteiger charge is 2.35. The van der Waals surface area contributed by atoms with Crippen molar-refractivity contribution < 1.29 is 34.0 Å². The highest BCUT2D eigenvalue weighted by atomic mass is 79.9. The minimum Gasteiger partial charge on any atom is -0.477 e. The van der Waals surface area contributed by atoms with E-state index in [1.54, 1.807) is 21.5 Å². The Hall–Kier alpha value is -5.80. The molecule has 386 valence electrons. The van der Waals surface area contributed by atoms with Gasteiger partial charge < -0.3 is 34.2 Å². The highest BCUT2D eigenvalue weighted by molar-refractivity contribution is 9.10. The largest absolute Gasteiger partial charge is 0.477 e. The van der Waals surface area contributed by atoms with E-state index >= 15 is 0 Å². The van der Waals surface area contributed by atoms with Gasteiger partial charge >= 0.3 is 11.9 Å². The number of hydrogen-bond acceptors (Lipinski definition) is 15. The lowest BCUT2D eigenvalue weighted by Gasteiger charge is -2.41.